The van der Waals surface area contributed by atoms with Crippen LogP contribution in [-0.2, 0) is 4.57 Å². The van der Waals surface area contributed by atoms with Crippen LogP contribution in [0.5, 0.6) is 0 Å². The van der Waals surface area contributed by atoms with Crippen molar-refractivity contribution in [1.82, 2.24) is 5.09 Å². The van der Waals surface area contributed by atoms with E-state index in [0.29, 0.717) is 10.7 Å². The van der Waals surface area contributed by atoms with Crippen LogP contribution in [0.2, 0.25) is 5.02 Å². The zero-order valence-corrected chi connectivity index (χ0v) is 10.4. The summed E-state index contributed by atoms with van der Waals surface area (Å²) in [6.07, 6.45) is 0. The molecule has 1 rings (SSSR count). The van der Waals surface area contributed by atoms with Crippen molar-refractivity contribution in [2.75, 3.05) is 12.0 Å². The summed E-state index contributed by atoms with van der Waals surface area (Å²) in [5, 5.41) is 5.03. The summed E-state index contributed by atoms with van der Waals surface area (Å²) in [5.41, 5.74) is 8.61. The fraction of sp³-hybridized carbons (Fsp3) is 0.125. The molecule has 0 radical (unpaired) electrons. The Bertz CT molecular complexity index is 511. The number of urea groups is 1. The maximum atomic E-state index is 11.5. The summed E-state index contributed by atoms with van der Waals surface area (Å²) in [6, 6.07) is 5.63. The summed E-state index contributed by atoms with van der Waals surface area (Å²) >= 11 is 5.67. The first kappa shape index (κ1) is 13.4. The predicted molar refractivity (Wildman–Crippen MR) is 66.3 cm³/mol. The summed E-state index contributed by atoms with van der Waals surface area (Å²) < 4.78 is 11.5. The number of halogens is 1. The molecule has 90 valence electrons. The van der Waals surface area contributed by atoms with Crippen molar-refractivity contribution >= 4 is 30.8 Å². The smallest absolute Gasteiger partial charge is 0.308 e. The summed E-state index contributed by atoms with van der Waals surface area (Å²) in [4.78, 5) is 16.8. The van der Waals surface area contributed by atoms with E-state index in [-0.39, 0.29) is 0 Å². The van der Waals surface area contributed by atoms with Gasteiger partial charge in [-0.3, -0.25) is 9.65 Å². The van der Waals surface area contributed by atoms with E-state index >= 15 is 0 Å². The van der Waals surface area contributed by atoms with Gasteiger partial charge in [0, 0.05) is 22.3 Å². The zero-order valence-electron chi connectivity index (χ0n) is 8.79. The summed E-state index contributed by atoms with van der Waals surface area (Å²) in [5.74, 6) is 0. The van der Waals surface area contributed by atoms with E-state index in [2.05, 4.69) is 20.2 Å². The van der Waals surface area contributed by atoms with Gasteiger partial charge in [0.15, 0.2) is 0 Å². The number of anilines is 1. The van der Waals surface area contributed by atoms with Crippen molar-refractivity contribution in [1.29, 1.82) is 0 Å². The number of carbonyl (C=O) groups is 1. The van der Waals surface area contributed by atoms with Crippen molar-refractivity contribution in [2.24, 2.45) is 4.88 Å². The van der Waals surface area contributed by atoms with Gasteiger partial charge >= 0.3 is 6.03 Å². The highest BCUT2D eigenvalue weighted by molar-refractivity contribution is 7.60. The third kappa shape index (κ3) is 4.78. The lowest BCUT2D eigenvalue weighted by Crippen LogP contribution is -2.25. The first-order valence-electron chi connectivity index (χ1n) is 4.42. The number of carbonyl (C=O) groups excluding carboxylic acids is 1. The van der Waals surface area contributed by atoms with Crippen LogP contribution in [0.1, 0.15) is 0 Å². The largest absolute Gasteiger partial charge is 0.324 e. The third-order valence-electron chi connectivity index (χ3n) is 1.62. The van der Waals surface area contributed by atoms with Crippen molar-refractivity contribution in [3.63, 3.8) is 0 Å². The SMILES string of the molecule is C[P@](=O)(N=[N+]=[N-])NC(=O)Nc1ccc(Cl)cc1. The van der Waals surface area contributed by atoms with Crippen LogP contribution in [0.4, 0.5) is 10.5 Å². The molecule has 0 aromatic heterocycles. The van der Waals surface area contributed by atoms with Crippen LogP contribution in [0.25, 0.3) is 10.4 Å². The standard InChI is InChI=1S/C8H9ClN5O2P/c1-17(16,14-13-10)12-8(15)11-7-4-2-6(9)3-5-7/h2-5H,1H3,(H2,11,12,15,16)/t17-/m1/s1. The molecule has 9 heteroatoms. The van der Waals surface area contributed by atoms with E-state index in [4.69, 9.17) is 17.1 Å². The Kier molecular flexibility index (Phi) is 4.40. The molecular weight excluding hydrogens is 265 g/mol. The highest BCUT2D eigenvalue weighted by Crippen LogP contribution is 2.37. The molecule has 0 saturated heterocycles. The van der Waals surface area contributed by atoms with Gasteiger partial charge in [0.1, 0.15) is 0 Å². The van der Waals surface area contributed by atoms with Crippen LogP contribution in [0.3, 0.4) is 0 Å². The number of benzene rings is 1. The monoisotopic (exact) mass is 273 g/mol. The van der Waals surface area contributed by atoms with E-state index in [1.54, 1.807) is 24.3 Å². The van der Waals surface area contributed by atoms with E-state index in [9.17, 15) is 9.36 Å². The lowest BCUT2D eigenvalue weighted by molar-refractivity contribution is 0.256. The fourth-order valence-corrected chi connectivity index (χ4v) is 1.74. The van der Waals surface area contributed by atoms with Crippen molar-refractivity contribution in [2.45, 2.75) is 0 Å². The Morgan fingerprint density at radius 3 is 2.59 bits per heavy atom. The third-order valence-corrected chi connectivity index (χ3v) is 2.91. The summed E-state index contributed by atoms with van der Waals surface area (Å²) in [7, 11) is -3.37. The number of hydrogen-bond donors (Lipinski definition) is 2. The Labute approximate surface area is 102 Å². The van der Waals surface area contributed by atoms with Gasteiger partial charge in [0.25, 0.3) is 7.44 Å². The molecule has 0 aliphatic rings. The second kappa shape index (κ2) is 5.59. The molecule has 17 heavy (non-hydrogen) atoms. The molecule has 2 N–H and O–H groups in total. The molecule has 0 bridgehead atoms. The number of nitrogens with one attached hydrogen (secondary N) is 2. The van der Waals surface area contributed by atoms with Gasteiger partial charge in [0.05, 0.1) is 0 Å². The average molecular weight is 274 g/mol. The van der Waals surface area contributed by atoms with Gasteiger partial charge < -0.3 is 5.32 Å². The van der Waals surface area contributed by atoms with Crippen molar-refractivity contribution < 1.29 is 9.36 Å². The number of nitrogens with zero attached hydrogens (tertiary/aromatic N) is 3. The van der Waals surface area contributed by atoms with Crippen molar-refractivity contribution in [3.8, 4) is 0 Å². The molecule has 0 saturated carbocycles. The molecule has 2 amide bonds. The molecule has 1 atom stereocenters. The lowest BCUT2D eigenvalue weighted by Gasteiger charge is -2.10. The lowest BCUT2D eigenvalue weighted by atomic mass is 10.3. The van der Waals surface area contributed by atoms with Gasteiger partial charge in [-0.1, -0.05) is 11.6 Å². The Hall–Kier alpha value is -1.68. The molecular formula is C8H9ClN5O2P. The first-order chi connectivity index (χ1) is 7.93. The second-order valence-corrected chi connectivity index (χ2v) is 5.73. The van der Waals surface area contributed by atoms with E-state index in [1.165, 1.54) is 0 Å². The van der Waals surface area contributed by atoms with Gasteiger partial charge in [-0.15, -0.1) is 0 Å². The molecule has 1 aromatic rings. The predicted octanol–water partition coefficient (Wildman–Crippen LogP) is 3.59. The Balaban J connectivity index is 2.64. The molecule has 0 spiro atoms. The second-order valence-electron chi connectivity index (χ2n) is 3.13. The molecule has 0 unspecified atom stereocenters. The van der Waals surface area contributed by atoms with Crippen LogP contribution < -0.4 is 10.4 Å². The Morgan fingerprint density at radius 1 is 1.47 bits per heavy atom. The van der Waals surface area contributed by atoms with E-state index in [0.717, 1.165) is 6.66 Å². The average Bonchev–Trinajstić information content (AvgIpc) is 2.20. The quantitative estimate of drug-likeness (QED) is 0.380. The van der Waals surface area contributed by atoms with Gasteiger partial charge in [-0.2, -0.15) is 0 Å². The number of azide groups is 1. The molecule has 0 heterocycles. The topological polar surface area (TPSA) is 107 Å². The van der Waals surface area contributed by atoms with E-state index < -0.39 is 13.5 Å². The molecule has 7 nitrogen and oxygen atoms in total. The maximum absolute atomic E-state index is 11.5. The zero-order chi connectivity index (χ0) is 12.9. The highest BCUT2D eigenvalue weighted by atomic mass is 35.5. The van der Waals surface area contributed by atoms with Gasteiger partial charge in [-0.25, -0.2) is 4.79 Å². The number of rotatable bonds is 3. The molecule has 1 aromatic carbocycles. The van der Waals surface area contributed by atoms with Crippen LogP contribution >= 0.6 is 19.0 Å². The maximum Gasteiger partial charge on any atom is 0.324 e. The normalized spacial score (nSPS) is 13.1. The molecule has 0 aliphatic carbocycles. The Morgan fingerprint density at radius 2 is 2.06 bits per heavy atom. The highest BCUT2D eigenvalue weighted by Gasteiger charge is 2.15. The van der Waals surface area contributed by atoms with Gasteiger partial charge in [-0.05, 0) is 34.7 Å². The van der Waals surface area contributed by atoms with Crippen LogP contribution in [0.15, 0.2) is 29.2 Å². The number of hydrogen-bond acceptors (Lipinski definition) is 2. The minimum Gasteiger partial charge on any atom is -0.308 e. The van der Waals surface area contributed by atoms with Gasteiger partial charge in [0.2, 0.25) is 0 Å². The minimum absolute atomic E-state index is 0.479. The first-order valence-corrected chi connectivity index (χ1v) is 6.90. The molecule has 0 aliphatic heterocycles. The number of amides is 2. The summed E-state index contributed by atoms with van der Waals surface area (Å²) in [6.45, 7) is 1.15. The fourth-order valence-electron chi connectivity index (χ4n) is 0.979. The van der Waals surface area contributed by atoms with Crippen LogP contribution in [0, 0.1) is 0 Å². The minimum atomic E-state index is -3.37. The molecule has 0 fully saturated rings. The van der Waals surface area contributed by atoms with Crippen molar-refractivity contribution in [3.05, 3.63) is 39.7 Å². The van der Waals surface area contributed by atoms with Crippen LogP contribution in [-0.4, -0.2) is 12.7 Å². The van der Waals surface area contributed by atoms with E-state index in [1.807, 2.05) is 0 Å².